The molecule has 2 fully saturated rings. The van der Waals surface area contributed by atoms with Crippen LogP contribution < -0.4 is 0 Å². The number of thiazole rings is 1. The van der Waals surface area contributed by atoms with Gasteiger partial charge in [-0.15, -0.1) is 11.3 Å². The molecule has 17 heavy (non-hydrogen) atoms. The Morgan fingerprint density at radius 1 is 1.59 bits per heavy atom. The van der Waals surface area contributed by atoms with Crippen LogP contribution in [0.5, 0.6) is 0 Å². The molecule has 2 unspecified atom stereocenters. The summed E-state index contributed by atoms with van der Waals surface area (Å²) in [6.07, 6.45) is 4.24. The zero-order valence-electron chi connectivity index (χ0n) is 10.5. The highest BCUT2D eigenvalue weighted by Crippen LogP contribution is 2.38. The lowest BCUT2D eigenvalue weighted by Crippen LogP contribution is -2.36. The zero-order valence-corrected chi connectivity index (χ0v) is 11.3. The van der Waals surface area contributed by atoms with E-state index < -0.39 is 5.60 Å². The highest BCUT2D eigenvalue weighted by atomic mass is 32.1. The largest absolute Gasteiger partial charge is 0.388 e. The normalized spacial score (nSPS) is 34.4. The van der Waals surface area contributed by atoms with Crippen molar-refractivity contribution in [3.05, 3.63) is 16.1 Å². The molecule has 2 heterocycles. The van der Waals surface area contributed by atoms with Gasteiger partial charge in [0.05, 0.1) is 10.6 Å². The predicted molar refractivity (Wildman–Crippen MR) is 69.3 cm³/mol. The van der Waals surface area contributed by atoms with Gasteiger partial charge in [0.25, 0.3) is 0 Å². The molecule has 1 N–H and O–H groups in total. The van der Waals surface area contributed by atoms with Crippen molar-refractivity contribution >= 4 is 11.3 Å². The molecular formula is C13H20N2OS. The van der Waals surface area contributed by atoms with Crippen molar-refractivity contribution in [2.45, 2.75) is 57.2 Å². The number of nitrogens with zero attached hydrogens (tertiary/aromatic N) is 2. The summed E-state index contributed by atoms with van der Waals surface area (Å²) in [4.78, 5) is 6.96. The maximum absolute atomic E-state index is 10.7. The third-order valence-corrected chi connectivity index (χ3v) is 4.85. The van der Waals surface area contributed by atoms with Crippen LogP contribution in [0, 0.1) is 6.92 Å². The average molecular weight is 252 g/mol. The Labute approximate surface area is 106 Å². The number of likely N-dealkylation sites (tertiary alicyclic amines) is 1. The van der Waals surface area contributed by atoms with Crippen LogP contribution in [0.15, 0.2) is 5.38 Å². The van der Waals surface area contributed by atoms with Gasteiger partial charge in [-0.05, 0) is 33.1 Å². The fraction of sp³-hybridized carbons (Fsp3) is 0.769. The third kappa shape index (κ3) is 2.39. The monoisotopic (exact) mass is 252 g/mol. The first-order chi connectivity index (χ1) is 8.06. The van der Waals surface area contributed by atoms with Gasteiger partial charge in [0.2, 0.25) is 0 Å². The van der Waals surface area contributed by atoms with Crippen LogP contribution in [0.1, 0.15) is 36.9 Å². The number of aliphatic hydroxyl groups is 1. The summed E-state index contributed by atoms with van der Waals surface area (Å²) >= 11 is 1.67. The lowest BCUT2D eigenvalue weighted by atomic mass is 9.97. The molecule has 0 aromatic carbocycles. The molecule has 0 amide bonds. The summed E-state index contributed by atoms with van der Waals surface area (Å²) in [6.45, 7) is 5.08. The summed E-state index contributed by atoms with van der Waals surface area (Å²) in [5, 5.41) is 13.8. The fourth-order valence-corrected chi connectivity index (χ4v) is 3.92. The number of β-amino-alcohol motifs (C(OH)–C–C–N with tert-alkyl or cyclic N) is 1. The predicted octanol–water partition coefficient (Wildman–Crippen LogP) is 1.98. The maximum Gasteiger partial charge on any atom is 0.0957 e. The van der Waals surface area contributed by atoms with Gasteiger partial charge >= 0.3 is 0 Å². The molecule has 2 aliphatic rings. The van der Waals surface area contributed by atoms with E-state index >= 15 is 0 Å². The van der Waals surface area contributed by atoms with E-state index in [2.05, 4.69) is 22.2 Å². The van der Waals surface area contributed by atoms with Crippen LogP contribution in [0.4, 0.5) is 0 Å². The van der Waals surface area contributed by atoms with Crippen molar-refractivity contribution in [1.29, 1.82) is 0 Å². The van der Waals surface area contributed by atoms with Crippen LogP contribution in [0.25, 0.3) is 0 Å². The van der Waals surface area contributed by atoms with E-state index in [4.69, 9.17) is 0 Å². The van der Waals surface area contributed by atoms with Crippen LogP contribution in [-0.2, 0) is 6.42 Å². The molecule has 1 aromatic heterocycles. The summed E-state index contributed by atoms with van der Waals surface area (Å²) in [5.74, 6) is 0. The minimum absolute atomic E-state index is 0.522. The van der Waals surface area contributed by atoms with Gasteiger partial charge in [-0.2, -0.15) is 0 Å². The molecule has 1 saturated heterocycles. The Morgan fingerprint density at radius 3 is 2.94 bits per heavy atom. The van der Waals surface area contributed by atoms with Crippen molar-refractivity contribution in [1.82, 2.24) is 9.88 Å². The van der Waals surface area contributed by atoms with Gasteiger partial charge in [0.15, 0.2) is 0 Å². The molecule has 94 valence electrons. The minimum atomic E-state index is -0.549. The van der Waals surface area contributed by atoms with E-state index in [-0.39, 0.29) is 0 Å². The smallest absolute Gasteiger partial charge is 0.0957 e. The molecule has 4 heteroatoms. The van der Waals surface area contributed by atoms with Gasteiger partial charge < -0.3 is 5.11 Å². The van der Waals surface area contributed by atoms with Gasteiger partial charge in [-0.3, -0.25) is 4.90 Å². The molecule has 3 nitrogen and oxygen atoms in total. The maximum atomic E-state index is 10.7. The zero-order chi connectivity index (χ0) is 12.0. The Morgan fingerprint density at radius 2 is 2.35 bits per heavy atom. The second-order valence-electron chi connectivity index (χ2n) is 5.74. The summed E-state index contributed by atoms with van der Waals surface area (Å²) in [6, 6.07) is 1.27. The second-order valence-corrected chi connectivity index (χ2v) is 6.68. The van der Waals surface area contributed by atoms with Gasteiger partial charge in [0.1, 0.15) is 0 Å². The Hall–Kier alpha value is -0.450. The fourth-order valence-electron chi connectivity index (χ4n) is 3.02. The summed E-state index contributed by atoms with van der Waals surface area (Å²) in [7, 11) is 0. The van der Waals surface area contributed by atoms with E-state index in [0.29, 0.717) is 6.04 Å². The topological polar surface area (TPSA) is 36.4 Å². The molecule has 1 aliphatic heterocycles. The van der Waals surface area contributed by atoms with Crippen molar-refractivity contribution in [3.8, 4) is 0 Å². The molecular weight excluding hydrogens is 232 g/mol. The Bertz CT molecular complexity index is 415. The molecule has 0 spiro atoms. The van der Waals surface area contributed by atoms with Crippen molar-refractivity contribution in [3.63, 3.8) is 0 Å². The highest BCUT2D eigenvalue weighted by Gasteiger charge is 2.46. The molecule has 3 rings (SSSR count). The Balaban J connectivity index is 1.69. The van der Waals surface area contributed by atoms with Crippen LogP contribution >= 0.6 is 11.3 Å². The first-order valence-electron chi connectivity index (χ1n) is 6.45. The summed E-state index contributed by atoms with van der Waals surface area (Å²) < 4.78 is 0. The third-order valence-electron chi connectivity index (χ3n) is 3.88. The number of rotatable bonds is 3. The van der Waals surface area contributed by atoms with Crippen LogP contribution in [0.2, 0.25) is 0 Å². The number of aryl methyl sites for hydroxylation is 1. The van der Waals surface area contributed by atoms with Gasteiger partial charge in [-0.25, -0.2) is 4.98 Å². The standard InChI is InChI=1S/C13H20N2OS/c1-9-7-17-12(14-9)6-13(16)5-10(2)15(8-13)11-3-4-11/h7,10-11,16H,3-6,8H2,1-2H3. The average Bonchev–Trinajstić information content (AvgIpc) is 2.94. The lowest BCUT2D eigenvalue weighted by molar-refractivity contribution is 0.0486. The van der Waals surface area contributed by atoms with E-state index in [0.717, 1.165) is 36.1 Å². The second kappa shape index (κ2) is 4.04. The Kier molecular flexibility index (Phi) is 2.76. The molecule has 1 saturated carbocycles. The molecule has 1 aromatic rings. The van der Waals surface area contributed by atoms with Crippen LogP contribution in [-0.4, -0.2) is 39.2 Å². The lowest BCUT2D eigenvalue weighted by Gasteiger charge is -2.22. The van der Waals surface area contributed by atoms with Crippen molar-refractivity contribution < 1.29 is 5.11 Å². The number of aromatic nitrogens is 1. The molecule has 0 bridgehead atoms. The quantitative estimate of drug-likeness (QED) is 0.893. The number of hydrogen-bond acceptors (Lipinski definition) is 4. The number of hydrogen-bond donors (Lipinski definition) is 1. The van der Waals surface area contributed by atoms with Crippen LogP contribution in [0.3, 0.4) is 0 Å². The SMILES string of the molecule is Cc1csc(CC2(O)CC(C)N(C3CC3)C2)n1. The van der Waals surface area contributed by atoms with Crippen molar-refractivity contribution in [2.75, 3.05) is 6.54 Å². The van der Waals surface area contributed by atoms with E-state index in [9.17, 15) is 5.11 Å². The van der Waals surface area contributed by atoms with Gasteiger partial charge in [-0.1, -0.05) is 0 Å². The molecule has 2 atom stereocenters. The van der Waals surface area contributed by atoms with Crippen molar-refractivity contribution in [2.24, 2.45) is 0 Å². The summed E-state index contributed by atoms with van der Waals surface area (Å²) in [5.41, 5.74) is 0.519. The van der Waals surface area contributed by atoms with E-state index in [1.807, 2.05) is 6.92 Å². The molecule has 0 radical (unpaired) electrons. The molecule has 1 aliphatic carbocycles. The first kappa shape index (κ1) is 11.6. The van der Waals surface area contributed by atoms with E-state index in [1.165, 1.54) is 12.8 Å². The first-order valence-corrected chi connectivity index (χ1v) is 7.33. The van der Waals surface area contributed by atoms with E-state index in [1.54, 1.807) is 11.3 Å². The van der Waals surface area contributed by atoms with Gasteiger partial charge in [0, 0.05) is 36.1 Å². The minimum Gasteiger partial charge on any atom is -0.388 e. The highest BCUT2D eigenvalue weighted by molar-refractivity contribution is 7.09.